The molecule has 1 saturated heterocycles. The van der Waals surface area contributed by atoms with Crippen LogP contribution in [0.25, 0.3) is 0 Å². The van der Waals surface area contributed by atoms with E-state index >= 15 is 0 Å². The summed E-state index contributed by atoms with van der Waals surface area (Å²) in [6, 6.07) is 0. The predicted molar refractivity (Wildman–Crippen MR) is 29.7 cm³/mol. The van der Waals surface area contributed by atoms with Gasteiger partial charge < -0.3 is 4.74 Å². The second kappa shape index (κ2) is 1.16. The van der Waals surface area contributed by atoms with Gasteiger partial charge in [-0.3, -0.25) is 0 Å². The summed E-state index contributed by atoms with van der Waals surface area (Å²) in [5.41, 5.74) is 0. The zero-order chi connectivity index (χ0) is 6.93. The lowest BCUT2D eigenvalue weighted by Crippen LogP contribution is -2.16. The molecule has 0 unspecified atom stereocenters. The molecule has 0 aromatic heterocycles. The molecule has 1 nitrogen and oxygen atoms in total. The molecule has 10 heavy (non-hydrogen) atoms. The molecule has 3 rings (SSSR count). The van der Waals surface area contributed by atoms with E-state index in [4.69, 9.17) is 4.74 Å². The van der Waals surface area contributed by atoms with Crippen molar-refractivity contribution in [1.82, 2.24) is 0 Å². The second-order valence-electron chi connectivity index (χ2n) is 3.18. The van der Waals surface area contributed by atoms with Crippen LogP contribution in [-0.4, -0.2) is 18.1 Å². The molecular weight excluding hydrogens is 138 g/mol. The SMILES string of the molecule is FC1(F)[C@@H]2[C@H]1[C@H]1C=C[C@@H]2O1. The van der Waals surface area contributed by atoms with Crippen LogP contribution in [0.5, 0.6) is 0 Å². The smallest absolute Gasteiger partial charge is 0.260 e. The molecular formula is C7H6F2O. The molecule has 0 radical (unpaired) electrons. The van der Waals surface area contributed by atoms with Gasteiger partial charge in [-0.25, -0.2) is 8.78 Å². The molecule has 0 N–H and O–H groups in total. The van der Waals surface area contributed by atoms with Crippen molar-refractivity contribution in [3.05, 3.63) is 12.2 Å². The Morgan fingerprint density at radius 2 is 1.60 bits per heavy atom. The van der Waals surface area contributed by atoms with Gasteiger partial charge in [-0.15, -0.1) is 0 Å². The summed E-state index contributed by atoms with van der Waals surface area (Å²) in [4.78, 5) is 0. The van der Waals surface area contributed by atoms with E-state index in [1.54, 1.807) is 12.2 Å². The predicted octanol–water partition coefficient (Wildman–Crippen LogP) is 1.20. The standard InChI is InChI=1S/C7H6F2O/c8-7(9)5-3-1-2-4(10-3)6(5)7/h1-6H/t3-,4+,5-,6+. The van der Waals surface area contributed by atoms with Crippen LogP contribution in [0.2, 0.25) is 0 Å². The Kier molecular flexibility index (Phi) is 0.607. The van der Waals surface area contributed by atoms with Crippen molar-refractivity contribution in [2.24, 2.45) is 11.8 Å². The van der Waals surface area contributed by atoms with E-state index in [2.05, 4.69) is 0 Å². The lowest BCUT2D eigenvalue weighted by atomic mass is 10.1. The van der Waals surface area contributed by atoms with Gasteiger partial charge in [0.15, 0.2) is 0 Å². The molecule has 0 amide bonds. The highest BCUT2D eigenvalue weighted by Gasteiger charge is 2.78. The summed E-state index contributed by atoms with van der Waals surface area (Å²) in [5.74, 6) is -3.39. The summed E-state index contributed by atoms with van der Waals surface area (Å²) in [6.07, 6.45) is 2.97. The maximum Gasteiger partial charge on any atom is 0.260 e. The monoisotopic (exact) mass is 144 g/mol. The quantitative estimate of drug-likeness (QED) is 0.464. The molecule has 54 valence electrons. The Bertz CT molecular complexity index is 204. The van der Waals surface area contributed by atoms with Crippen LogP contribution in [0, 0.1) is 11.8 Å². The maximum atomic E-state index is 12.7. The summed E-state index contributed by atoms with van der Waals surface area (Å²) in [6.45, 7) is 0. The topological polar surface area (TPSA) is 9.23 Å². The fraction of sp³-hybridized carbons (Fsp3) is 0.714. The van der Waals surface area contributed by atoms with Crippen molar-refractivity contribution in [2.45, 2.75) is 18.1 Å². The summed E-state index contributed by atoms with van der Waals surface area (Å²) in [7, 11) is 0. The number of hydrogen-bond acceptors (Lipinski definition) is 1. The molecule has 2 bridgehead atoms. The molecule has 3 heteroatoms. The van der Waals surface area contributed by atoms with Gasteiger partial charge in [0.2, 0.25) is 0 Å². The molecule has 2 fully saturated rings. The average Bonchev–Trinajstić information content (AvgIpc) is 2.37. The first-order valence-corrected chi connectivity index (χ1v) is 3.43. The summed E-state index contributed by atoms with van der Waals surface area (Å²) < 4.78 is 30.5. The number of hydrogen-bond donors (Lipinski definition) is 0. The minimum atomic E-state index is -2.42. The van der Waals surface area contributed by atoms with Gasteiger partial charge in [-0.2, -0.15) is 0 Å². The Morgan fingerprint density at radius 3 is 2.00 bits per heavy atom. The van der Waals surface area contributed by atoms with Crippen LogP contribution in [0.1, 0.15) is 0 Å². The van der Waals surface area contributed by atoms with Gasteiger partial charge in [0.1, 0.15) is 0 Å². The molecule has 1 saturated carbocycles. The Balaban J connectivity index is 2.02. The highest BCUT2D eigenvalue weighted by Crippen LogP contribution is 2.66. The second-order valence-corrected chi connectivity index (χ2v) is 3.18. The Labute approximate surface area is 56.7 Å². The third kappa shape index (κ3) is 0.348. The van der Waals surface area contributed by atoms with Crippen molar-refractivity contribution >= 4 is 0 Å². The third-order valence-corrected chi connectivity index (χ3v) is 2.68. The van der Waals surface area contributed by atoms with Gasteiger partial charge in [0.05, 0.1) is 24.0 Å². The minimum Gasteiger partial charge on any atom is -0.366 e. The van der Waals surface area contributed by atoms with Crippen LogP contribution >= 0.6 is 0 Å². The van der Waals surface area contributed by atoms with Crippen molar-refractivity contribution in [2.75, 3.05) is 0 Å². The summed E-state index contributed by atoms with van der Waals surface area (Å²) in [5, 5.41) is 0. The van der Waals surface area contributed by atoms with E-state index in [9.17, 15) is 8.78 Å². The molecule has 2 heterocycles. The average molecular weight is 144 g/mol. The van der Waals surface area contributed by atoms with E-state index in [0.717, 1.165) is 0 Å². The van der Waals surface area contributed by atoms with Crippen molar-refractivity contribution in [3.8, 4) is 0 Å². The number of fused-ring (bicyclic) bond motifs is 5. The highest BCUT2D eigenvalue weighted by molar-refractivity contribution is 5.29. The van der Waals surface area contributed by atoms with Gasteiger partial charge in [-0.1, -0.05) is 12.2 Å². The fourth-order valence-electron chi connectivity index (χ4n) is 2.12. The van der Waals surface area contributed by atoms with E-state index in [1.165, 1.54) is 0 Å². The van der Waals surface area contributed by atoms with E-state index < -0.39 is 17.8 Å². The molecule has 0 aromatic rings. The first-order valence-electron chi connectivity index (χ1n) is 3.43. The highest BCUT2D eigenvalue weighted by atomic mass is 19.3. The molecule has 4 atom stereocenters. The van der Waals surface area contributed by atoms with Gasteiger partial charge in [0, 0.05) is 0 Å². The Hall–Kier alpha value is -0.440. The zero-order valence-electron chi connectivity index (χ0n) is 5.13. The largest absolute Gasteiger partial charge is 0.366 e. The normalized spacial score (nSPS) is 59.0. The van der Waals surface area contributed by atoms with E-state index in [1.807, 2.05) is 0 Å². The number of alkyl halides is 2. The number of halogens is 2. The third-order valence-electron chi connectivity index (χ3n) is 2.68. The van der Waals surface area contributed by atoms with Crippen molar-refractivity contribution in [3.63, 3.8) is 0 Å². The van der Waals surface area contributed by atoms with Gasteiger partial charge in [0.25, 0.3) is 5.92 Å². The van der Waals surface area contributed by atoms with Gasteiger partial charge >= 0.3 is 0 Å². The zero-order valence-corrected chi connectivity index (χ0v) is 5.13. The van der Waals surface area contributed by atoms with Crippen LogP contribution < -0.4 is 0 Å². The lowest BCUT2D eigenvalue weighted by molar-refractivity contribution is -0.0194. The van der Waals surface area contributed by atoms with Crippen LogP contribution in [0.4, 0.5) is 8.78 Å². The van der Waals surface area contributed by atoms with Crippen LogP contribution in [0.15, 0.2) is 12.2 Å². The molecule has 1 aliphatic carbocycles. The van der Waals surface area contributed by atoms with E-state index in [-0.39, 0.29) is 12.2 Å². The Morgan fingerprint density at radius 1 is 1.10 bits per heavy atom. The minimum absolute atomic E-state index is 0.273. The first kappa shape index (κ1) is 5.24. The first-order chi connectivity index (χ1) is 4.71. The molecule has 0 aromatic carbocycles. The van der Waals surface area contributed by atoms with Crippen LogP contribution in [0.3, 0.4) is 0 Å². The van der Waals surface area contributed by atoms with Crippen molar-refractivity contribution < 1.29 is 13.5 Å². The van der Waals surface area contributed by atoms with Gasteiger partial charge in [-0.05, 0) is 0 Å². The number of rotatable bonds is 0. The maximum absolute atomic E-state index is 12.7. The molecule has 2 aliphatic heterocycles. The summed E-state index contributed by atoms with van der Waals surface area (Å²) >= 11 is 0. The molecule has 0 spiro atoms. The fourth-order valence-corrected chi connectivity index (χ4v) is 2.12. The lowest BCUT2D eigenvalue weighted by Gasteiger charge is -2.08. The number of ether oxygens (including phenoxy) is 1. The van der Waals surface area contributed by atoms with Crippen molar-refractivity contribution in [1.29, 1.82) is 0 Å². The van der Waals surface area contributed by atoms with E-state index in [0.29, 0.717) is 0 Å². The van der Waals surface area contributed by atoms with Crippen LogP contribution in [-0.2, 0) is 4.74 Å². The molecule has 3 aliphatic rings.